The number of hydrogen-bond donors (Lipinski definition) is 1. The van der Waals surface area contributed by atoms with Gasteiger partial charge in [-0.2, -0.15) is 0 Å². The van der Waals surface area contributed by atoms with Crippen LogP contribution in [-0.2, 0) is 9.59 Å². The van der Waals surface area contributed by atoms with Crippen molar-refractivity contribution in [3.63, 3.8) is 0 Å². The van der Waals surface area contributed by atoms with Crippen LogP contribution in [0.4, 0.5) is 5.69 Å². The molecule has 5 heteroatoms. The number of anilines is 1. The van der Waals surface area contributed by atoms with Gasteiger partial charge in [0.05, 0.1) is 5.69 Å². The third kappa shape index (κ3) is 3.87. The summed E-state index contributed by atoms with van der Waals surface area (Å²) in [6.45, 7) is 0. The van der Waals surface area contributed by atoms with Gasteiger partial charge in [-0.1, -0.05) is 72.3 Å². The summed E-state index contributed by atoms with van der Waals surface area (Å²) in [4.78, 5) is 24.3. The molecule has 0 aromatic heterocycles. The van der Waals surface area contributed by atoms with Crippen LogP contribution < -0.4 is 10.4 Å². The number of carbonyl (C=O) groups excluding carboxylic acids is 2. The lowest BCUT2D eigenvalue weighted by Gasteiger charge is -2.13. The number of nitrogens with one attached hydrogen (secondary N) is 1. The Morgan fingerprint density at radius 2 is 1.60 bits per heavy atom. The molecular weight excluding hydrogens is 336 g/mol. The molecule has 0 spiro atoms. The van der Waals surface area contributed by atoms with E-state index in [1.165, 1.54) is 11.1 Å². The molecular formula is C20H15ClN2O2. The first kappa shape index (κ1) is 16.7. The normalized spacial score (nSPS) is 16.4. The van der Waals surface area contributed by atoms with E-state index in [0.29, 0.717) is 10.7 Å². The van der Waals surface area contributed by atoms with Gasteiger partial charge in [0.15, 0.2) is 0 Å². The molecule has 2 aromatic rings. The summed E-state index contributed by atoms with van der Waals surface area (Å²) < 4.78 is 0. The molecule has 2 aromatic carbocycles. The van der Waals surface area contributed by atoms with Crippen LogP contribution in [0, 0.1) is 0 Å². The number of hydrogen-bond acceptors (Lipinski definition) is 2. The first-order valence-electron chi connectivity index (χ1n) is 7.67. The molecule has 0 unspecified atom stereocenters. The fourth-order valence-corrected chi connectivity index (χ4v) is 2.52. The molecule has 0 atom stereocenters. The molecule has 1 aliphatic rings. The fourth-order valence-electron chi connectivity index (χ4n) is 2.32. The van der Waals surface area contributed by atoms with Crippen molar-refractivity contribution in [3.8, 4) is 0 Å². The molecule has 1 aliphatic heterocycles. The number of halogens is 1. The van der Waals surface area contributed by atoms with Crippen LogP contribution in [0.15, 0.2) is 84.5 Å². The summed E-state index contributed by atoms with van der Waals surface area (Å²) in [7, 11) is 0. The van der Waals surface area contributed by atoms with Gasteiger partial charge in [0.25, 0.3) is 11.8 Å². The molecule has 3 rings (SSSR count). The summed E-state index contributed by atoms with van der Waals surface area (Å²) in [5, 5.41) is 1.90. The summed E-state index contributed by atoms with van der Waals surface area (Å²) in [6.07, 6.45) is 8.53. The van der Waals surface area contributed by atoms with E-state index >= 15 is 0 Å². The predicted octanol–water partition coefficient (Wildman–Crippen LogP) is 3.91. The van der Waals surface area contributed by atoms with Gasteiger partial charge in [0.2, 0.25) is 0 Å². The number of hydrazine groups is 1. The number of carbonyl (C=O) groups is 2. The van der Waals surface area contributed by atoms with E-state index in [2.05, 4.69) is 5.43 Å². The van der Waals surface area contributed by atoms with Crippen molar-refractivity contribution in [2.24, 2.45) is 0 Å². The number of amides is 2. The maximum absolute atomic E-state index is 12.4. The van der Waals surface area contributed by atoms with Crippen LogP contribution in [0.3, 0.4) is 0 Å². The van der Waals surface area contributed by atoms with Crippen LogP contribution in [0.2, 0.25) is 5.02 Å². The highest BCUT2D eigenvalue weighted by molar-refractivity contribution is 6.32. The van der Waals surface area contributed by atoms with Crippen molar-refractivity contribution in [1.82, 2.24) is 5.43 Å². The number of para-hydroxylation sites is 1. The van der Waals surface area contributed by atoms with E-state index in [4.69, 9.17) is 11.6 Å². The average Bonchev–Trinajstić information content (AvgIpc) is 2.91. The van der Waals surface area contributed by atoms with E-state index in [1.54, 1.807) is 42.5 Å². The van der Waals surface area contributed by atoms with Crippen molar-refractivity contribution in [1.29, 1.82) is 0 Å². The van der Waals surface area contributed by atoms with Crippen LogP contribution in [0.1, 0.15) is 5.56 Å². The first-order valence-corrected chi connectivity index (χ1v) is 8.04. The molecule has 124 valence electrons. The van der Waals surface area contributed by atoms with Gasteiger partial charge in [-0.3, -0.25) is 15.0 Å². The van der Waals surface area contributed by atoms with Gasteiger partial charge < -0.3 is 0 Å². The van der Waals surface area contributed by atoms with E-state index in [1.807, 2.05) is 36.4 Å². The molecule has 4 nitrogen and oxygen atoms in total. The molecule has 1 heterocycles. The Kier molecular flexibility index (Phi) is 5.11. The fraction of sp³-hybridized carbons (Fsp3) is 0. The summed E-state index contributed by atoms with van der Waals surface area (Å²) in [5.74, 6) is -0.801. The lowest BCUT2D eigenvalue weighted by molar-refractivity contribution is -0.117. The molecule has 1 N–H and O–H groups in total. The van der Waals surface area contributed by atoms with E-state index < -0.39 is 5.91 Å². The highest BCUT2D eigenvalue weighted by Crippen LogP contribution is 2.19. The van der Waals surface area contributed by atoms with Crippen molar-refractivity contribution in [2.45, 2.75) is 0 Å². The molecule has 0 saturated carbocycles. The molecule has 0 aliphatic carbocycles. The number of nitrogens with zero attached hydrogens (tertiary/aromatic N) is 1. The third-order valence-electron chi connectivity index (χ3n) is 3.57. The van der Waals surface area contributed by atoms with Crippen LogP contribution in [0.25, 0.3) is 6.08 Å². The summed E-state index contributed by atoms with van der Waals surface area (Å²) in [5.41, 5.74) is 4.15. The Morgan fingerprint density at radius 1 is 0.880 bits per heavy atom. The lowest BCUT2D eigenvalue weighted by atomic mass is 10.2. The highest BCUT2D eigenvalue weighted by Gasteiger charge is 2.33. The van der Waals surface area contributed by atoms with Crippen LogP contribution >= 0.6 is 11.6 Å². The van der Waals surface area contributed by atoms with Crippen molar-refractivity contribution >= 4 is 35.2 Å². The Hall–Kier alpha value is -3.11. The minimum absolute atomic E-state index is 0.0891. The smallest absolute Gasteiger partial charge is 0.267 e. The van der Waals surface area contributed by atoms with Crippen LogP contribution in [-0.4, -0.2) is 11.8 Å². The monoisotopic (exact) mass is 350 g/mol. The second kappa shape index (κ2) is 7.64. The second-order valence-corrected chi connectivity index (χ2v) is 5.67. The Morgan fingerprint density at radius 3 is 2.36 bits per heavy atom. The zero-order valence-corrected chi connectivity index (χ0v) is 14.0. The molecule has 2 amide bonds. The Labute approximate surface area is 150 Å². The quantitative estimate of drug-likeness (QED) is 0.516. The Balaban J connectivity index is 1.70. The van der Waals surface area contributed by atoms with Gasteiger partial charge >= 0.3 is 0 Å². The van der Waals surface area contributed by atoms with E-state index in [9.17, 15) is 9.59 Å². The molecule has 0 radical (unpaired) electrons. The first-order chi connectivity index (χ1) is 12.2. The van der Waals surface area contributed by atoms with Gasteiger partial charge in [-0.05, 0) is 29.8 Å². The van der Waals surface area contributed by atoms with Crippen LogP contribution in [0.5, 0.6) is 0 Å². The minimum atomic E-state index is -0.423. The molecule has 1 fully saturated rings. The van der Waals surface area contributed by atoms with Gasteiger partial charge in [-0.25, -0.2) is 5.01 Å². The number of rotatable bonds is 4. The second-order valence-electron chi connectivity index (χ2n) is 5.26. The van der Waals surface area contributed by atoms with E-state index in [-0.39, 0.29) is 11.5 Å². The average molecular weight is 351 g/mol. The molecule has 25 heavy (non-hydrogen) atoms. The van der Waals surface area contributed by atoms with Gasteiger partial charge in [0, 0.05) is 5.02 Å². The summed E-state index contributed by atoms with van der Waals surface area (Å²) in [6, 6.07) is 16.4. The maximum Gasteiger partial charge on any atom is 0.282 e. The highest BCUT2D eigenvalue weighted by atomic mass is 35.5. The maximum atomic E-state index is 12.4. The van der Waals surface area contributed by atoms with Gasteiger partial charge in [0.1, 0.15) is 5.57 Å². The van der Waals surface area contributed by atoms with Crippen molar-refractivity contribution in [3.05, 3.63) is 95.1 Å². The SMILES string of the molecule is O=C1NN(c2ccccc2)C(=O)C1=CC=CC=Cc1ccccc1Cl. The number of allylic oxidation sites excluding steroid dienone is 4. The van der Waals surface area contributed by atoms with E-state index in [0.717, 1.165) is 5.56 Å². The molecule has 1 saturated heterocycles. The zero-order chi connectivity index (χ0) is 17.6. The van der Waals surface area contributed by atoms with Gasteiger partial charge in [-0.15, -0.1) is 0 Å². The van der Waals surface area contributed by atoms with Crippen molar-refractivity contribution < 1.29 is 9.59 Å². The Bertz CT molecular complexity index is 886. The lowest BCUT2D eigenvalue weighted by Crippen LogP contribution is -2.35. The molecule has 0 bridgehead atoms. The number of benzene rings is 2. The zero-order valence-electron chi connectivity index (χ0n) is 13.2. The topological polar surface area (TPSA) is 49.4 Å². The standard InChI is InChI=1S/C20H15ClN2O2/c21-18-14-8-7-10-15(18)9-3-1-6-13-17-19(24)22-23(20(17)25)16-11-4-2-5-12-16/h1-14H,(H,22,24). The summed E-state index contributed by atoms with van der Waals surface area (Å²) >= 11 is 6.06. The third-order valence-corrected chi connectivity index (χ3v) is 3.92. The van der Waals surface area contributed by atoms with Crippen molar-refractivity contribution in [2.75, 3.05) is 5.01 Å². The predicted molar refractivity (Wildman–Crippen MR) is 99.8 cm³/mol. The largest absolute Gasteiger partial charge is 0.282 e. The minimum Gasteiger partial charge on any atom is -0.267 e.